The maximum Gasteiger partial charge on any atom is 0.269 e. The first-order chi connectivity index (χ1) is 17.7. The lowest BCUT2D eigenvalue weighted by atomic mass is 10.1. The minimum Gasteiger partial charge on any atom is -0.370 e. The van der Waals surface area contributed by atoms with Gasteiger partial charge in [0.1, 0.15) is 0 Å². The highest BCUT2D eigenvalue weighted by atomic mass is 19.2. The summed E-state index contributed by atoms with van der Waals surface area (Å²) in [5, 5.41) is 21.6. The summed E-state index contributed by atoms with van der Waals surface area (Å²) < 4.78 is 70.2. The molecule has 1 aromatic heterocycles. The Labute approximate surface area is 206 Å². The Kier molecular flexibility index (Phi) is 7.32. The quantitative estimate of drug-likeness (QED) is 0.0644. The van der Waals surface area contributed by atoms with Crippen molar-refractivity contribution in [1.82, 2.24) is 9.78 Å². The van der Waals surface area contributed by atoms with Crippen LogP contribution in [0.3, 0.4) is 0 Å². The first-order valence-corrected chi connectivity index (χ1v) is 11.0. The van der Waals surface area contributed by atoms with Crippen molar-refractivity contribution in [2.75, 3.05) is 18.0 Å². The molecule has 37 heavy (non-hydrogen) atoms. The van der Waals surface area contributed by atoms with Crippen molar-refractivity contribution in [3.63, 3.8) is 0 Å². The van der Waals surface area contributed by atoms with Crippen LogP contribution in [0.1, 0.15) is 6.92 Å². The fraction of sp³-hybridized carbons (Fsp3) is 0.167. The molecule has 0 spiro atoms. The minimum atomic E-state index is -2.20. The predicted octanol–water partition coefficient (Wildman–Crippen LogP) is 7.03. The molecule has 0 bridgehead atoms. The predicted molar refractivity (Wildman–Crippen MR) is 126 cm³/mol. The number of rotatable bonds is 9. The normalized spacial score (nSPS) is 11.4. The maximum absolute atomic E-state index is 14.2. The van der Waals surface area contributed by atoms with E-state index in [-0.39, 0.29) is 17.9 Å². The highest BCUT2D eigenvalue weighted by Gasteiger charge is 2.28. The summed E-state index contributed by atoms with van der Waals surface area (Å²) in [4.78, 5) is 12.2. The topological polar surface area (TPSA) is 91.8 Å². The van der Waals surface area contributed by atoms with Crippen LogP contribution >= 0.6 is 0 Å². The zero-order valence-electron chi connectivity index (χ0n) is 19.3. The van der Waals surface area contributed by atoms with Gasteiger partial charge in [-0.15, -0.1) is 0 Å². The zero-order valence-corrected chi connectivity index (χ0v) is 19.3. The summed E-state index contributed by atoms with van der Waals surface area (Å²) in [5.41, 5.74) is 0.612. The number of likely N-dealkylation sites (N-methyl/N-ethyl adjacent to an activating group) is 1. The molecular weight excluding hydrogens is 499 g/mol. The van der Waals surface area contributed by atoms with Crippen LogP contribution in [0.5, 0.6) is 0 Å². The fourth-order valence-corrected chi connectivity index (χ4v) is 3.62. The standard InChI is InChI=1S/C24H19F5N6O2/c1-2-33(11-12-34-18(13-30-34)19-20(25)22(27)24(29)23(28)21(19)26)16-7-3-14(4-8-16)31-32-15-5-9-17(10-6-15)35(36)37/h3-10,13,30H,2,11-12H2,1H3/b32-31+. The van der Waals surface area contributed by atoms with E-state index >= 15 is 0 Å². The Morgan fingerprint density at radius 3 is 1.84 bits per heavy atom. The van der Waals surface area contributed by atoms with Gasteiger partial charge in [0.2, 0.25) is 5.82 Å². The summed E-state index contributed by atoms with van der Waals surface area (Å²) in [6.07, 6.45) is 1.17. The number of nitro benzene ring substituents is 1. The van der Waals surface area contributed by atoms with Crippen LogP contribution < -0.4 is 4.90 Å². The first kappa shape index (κ1) is 25.5. The second-order valence-electron chi connectivity index (χ2n) is 7.82. The molecule has 0 saturated heterocycles. The second kappa shape index (κ2) is 10.6. The average Bonchev–Trinajstić information content (AvgIpc) is 2.90. The Balaban J connectivity index is 1.43. The van der Waals surface area contributed by atoms with Crippen molar-refractivity contribution in [3.05, 3.63) is 93.9 Å². The minimum absolute atomic E-state index is 0.0498. The van der Waals surface area contributed by atoms with Crippen LogP contribution in [0, 0.1) is 39.2 Å². The third-order valence-corrected chi connectivity index (χ3v) is 5.65. The monoisotopic (exact) mass is 518 g/mol. The SMILES string of the molecule is CCN(CCn1[nH]cc1-c1c(F)c(F)c(F)c(F)c1F)c1ccc(/N=N/c2ccc([N+](=O)[O-])cc2)cc1. The molecule has 0 aliphatic heterocycles. The summed E-state index contributed by atoms with van der Waals surface area (Å²) in [7, 11) is 0. The molecule has 4 aromatic rings. The number of halogens is 5. The Morgan fingerprint density at radius 2 is 1.38 bits per heavy atom. The van der Waals surface area contributed by atoms with E-state index in [1.165, 1.54) is 35.1 Å². The van der Waals surface area contributed by atoms with Gasteiger partial charge in [0.15, 0.2) is 23.3 Å². The number of nitrogens with zero attached hydrogens (tertiary/aromatic N) is 5. The van der Waals surface area contributed by atoms with E-state index in [0.29, 0.717) is 24.5 Å². The maximum atomic E-state index is 14.2. The third-order valence-electron chi connectivity index (χ3n) is 5.65. The number of aromatic nitrogens is 2. The molecule has 0 aliphatic carbocycles. The number of anilines is 1. The molecule has 0 aliphatic rings. The van der Waals surface area contributed by atoms with Crippen molar-refractivity contribution in [2.24, 2.45) is 10.2 Å². The third kappa shape index (κ3) is 5.20. The van der Waals surface area contributed by atoms with Crippen molar-refractivity contribution in [2.45, 2.75) is 13.5 Å². The Morgan fingerprint density at radius 1 is 0.865 bits per heavy atom. The van der Waals surface area contributed by atoms with E-state index in [1.54, 1.807) is 24.3 Å². The van der Waals surface area contributed by atoms with Crippen LogP contribution in [-0.4, -0.2) is 27.8 Å². The van der Waals surface area contributed by atoms with Gasteiger partial charge < -0.3 is 10.00 Å². The molecule has 3 aromatic carbocycles. The molecule has 0 unspecified atom stereocenters. The van der Waals surface area contributed by atoms with Gasteiger partial charge in [-0.3, -0.25) is 14.8 Å². The van der Waals surface area contributed by atoms with Crippen molar-refractivity contribution in [1.29, 1.82) is 0 Å². The summed E-state index contributed by atoms with van der Waals surface area (Å²) in [6, 6.07) is 12.6. The molecule has 1 N–H and O–H groups in total. The number of azo groups is 1. The van der Waals surface area contributed by atoms with Crippen molar-refractivity contribution >= 4 is 22.7 Å². The lowest BCUT2D eigenvalue weighted by Crippen LogP contribution is -2.29. The van der Waals surface area contributed by atoms with Gasteiger partial charge in [-0.1, -0.05) is 0 Å². The summed E-state index contributed by atoms with van der Waals surface area (Å²) in [5.74, 6) is -9.98. The number of benzene rings is 3. The van der Waals surface area contributed by atoms with Gasteiger partial charge in [0, 0.05) is 37.1 Å². The summed E-state index contributed by atoms with van der Waals surface area (Å²) in [6.45, 7) is 3.01. The van der Waals surface area contributed by atoms with E-state index in [0.717, 1.165) is 5.69 Å². The zero-order chi connectivity index (χ0) is 26.7. The summed E-state index contributed by atoms with van der Waals surface area (Å²) >= 11 is 0. The molecular formula is C24H19F5N6O2. The molecule has 4 rings (SSSR count). The van der Waals surface area contributed by atoms with Gasteiger partial charge in [-0.25, -0.2) is 22.0 Å². The van der Waals surface area contributed by atoms with E-state index in [2.05, 4.69) is 15.3 Å². The number of nitrogens with one attached hydrogen (secondary N) is 1. The average molecular weight is 518 g/mol. The van der Waals surface area contributed by atoms with Gasteiger partial charge in [-0.2, -0.15) is 10.2 Å². The molecule has 0 radical (unpaired) electrons. The van der Waals surface area contributed by atoms with Crippen molar-refractivity contribution < 1.29 is 26.9 Å². The van der Waals surface area contributed by atoms with Gasteiger partial charge in [0.25, 0.3) is 5.69 Å². The fourth-order valence-electron chi connectivity index (χ4n) is 3.62. The molecule has 0 fully saturated rings. The number of nitro groups is 1. The number of hydrogen-bond acceptors (Lipinski definition) is 5. The largest absolute Gasteiger partial charge is 0.370 e. The van der Waals surface area contributed by atoms with E-state index < -0.39 is 39.6 Å². The molecule has 0 saturated carbocycles. The number of aromatic amines is 1. The molecule has 1 heterocycles. The van der Waals surface area contributed by atoms with E-state index in [9.17, 15) is 32.1 Å². The van der Waals surface area contributed by atoms with Gasteiger partial charge in [-0.05, 0) is 43.3 Å². The van der Waals surface area contributed by atoms with Crippen LogP contribution in [0.15, 0.2) is 65.0 Å². The Hall–Kier alpha value is -4.55. The van der Waals surface area contributed by atoms with Crippen LogP contribution in [0.2, 0.25) is 0 Å². The lowest BCUT2D eigenvalue weighted by Gasteiger charge is -2.26. The van der Waals surface area contributed by atoms with Crippen molar-refractivity contribution in [3.8, 4) is 11.3 Å². The van der Waals surface area contributed by atoms with Gasteiger partial charge in [0.05, 0.1) is 34.1 Å². The number of hydrogen-bond donors (Lipinski definition) is 1. The smallest absolute Gasteiger partial charge is 0.269 e. The van der Waals surface area contributed by atoms with Crippen LogP contribution in [-0.2, 0) is 6.54 Å². The lowest BCUT2D eigenvalue weighted by molar-refractivity contribution is -0.384. The van der Waals surface area contributed by atoms with Crippen LogP contribution in [0.25, 0.3) is 11.3 Å². The number of non-ortho nitro benzene ring substituents is 1. The van der Waals surface area contributed by atoms with E-state index in [1.807, 2.05) is 11.8 Å². The van der Waals surface area contributed by atoms with Gasteiger partial charge >= 0.3 is 0 Å². The molecule has 8 nitrogen and oxygen atoms in total. The van der Waals surface area contributed by atoms with E-state index in [4.69, 9.17) is 0 Å². The Bertz CT molecular complexity index is 1420. The highest BCUT2D eigenvalue weighted by Crippen LogP contribution is 2.32. The molecule has 192 valence electrons. The molecule has 0 amide bonds. The number of H-pyrrole nitrogens is 1. The first-order valence-electron chi connectivity index (χ1n) is 11.0. The molecule has 13 heteroatoms. The highest BCUT2D eigenvalue weighted by molar-refractivity contribution is 5.62. The second-order valence-corrected chi connectivity index (χ2v) is 7.82. The van der Waals surface area contributed by atoms with Crippen LogP contribution in [0.4, 0.5) is 44.7 Å². The molecule has 0 atom stereocenters.